The summed E-state index contributed by atoms with van der Waals surface area (Å²) >= 11 is 1.04. The van der Waals surface area contributed by atoms with Gasteiger partial charge in [0.25, 0.3) is 10.0 Å². The third-order valence-electron chi connectivity index (χ3n) is 3.57. The van der Waals surface area contributed by atoms with E-state index >= 15 is 0 Å². The number of nitrogens with one attached hydrogen (secondary N) is 1. The molecule has 1 aromatic carbocycles. The topological polar surface area (TPSA) is 76.4 Å². The fourth-order valence-corrected chi connectivity index (χ4v) is 4.06. The molecule has 0 saturated carbocycles. The number of aromatic nitrogens is 3. The number of imidazole rings is 1. The maximum absolute atomic E-state index is 11.8. The molecule has 2 aromatic heterocycles. The van der Waals surface area contributed by atoms with Crippen LogP contribution in [0.1, 0.15) is 26.3 Å². The number of hydrogen-bond donors (Lipinski definition) is 1. The van der Waals surface area contributed by atoms with Gasteiger partial charge in [-0.3, -0.25) is 0 Å². The Morgan fingerprint density at radius 3 is 2.35 bits per heavy atom. The van der Waals surface area contributed by atoms with Gasteiger partial charge >= 0.3 is 0 Å². The number of rotatable bonds is 3. The Morgan fingerprint density at radius 1 is 1.17 bits per heavy atom. The van der Waals surface area contributed by atoms with Crippen molar-refractivity contribution in [2.24, 2.45) is 0 Å². The van der Waals surface area contributed by atoms with Gasteiger partial charge in [0.15, 0.2) is 0 Å². The molecule has 0 unspecified atom stereocenters. The second-order valence-corrected chi connectivity index (χ2v) is 9.27. The lowest BCUT2D eigenvalue weighted by molar-refractivity contribution is 0.585. The van der Waals surface area contributed by atoms with Gasteiger partial charge in [0.05, 0.1) is 11.9 Å². The van der Waals surface area contributed by atoms with Gasteiger partial charge in [0, 0.05) is 5.56 Å². The highest BCUT2D eigenvalue weighted by atomic mass is 32.2. The first-order chi connectivity index (χ1) is 10.7. The van der Waals surface area contributed by atoms with Crippen LogP contribution in [0.15, 0.2) is 34.8 Å². The number of benzene rings is 1. The third kappa shape index (κ3) is 3.01. The zero-order chi connectivity index (χ0) is 16.8. The van der Waals surface area contributed by atoms with Crippen molar-refractivity contribution in [3.05, 3.63) is 36.0 Å². The molecule has 0 aliphatic carbocycles. The van der Waals surface area contributed by atoms with Gasteiger partial charge in [0.2, 0.25) is 9.30 Å². The fraction of sp³-hybridized carbons (Fsp3) is 0.333. The molecule has 8 heteroatoms. The third-order valence-corrected chi connectivity index (χ3v) is 6.27. The summed E-state index contributed by atoms with van der Waals surface area (Å²) < 4.78 is 27.3. The minimum absolute atomic E-state index is 0.0112. The van der Waals surface area contributed by atoms with Crippen molar-refractivity contribution in [1.82, 2.24) is 19.3 Å². The Bertz CT molecular complexity index is 916. The monoisotopic (exact) mass is 350 g/mol. The Morgan fingerprint density at radius 2 is 1.83 bits per heavy atom. The van der Waals surface area contributed by atoms with Gasteiger partial charge < -0.3 is 0 Å². The molecule has 0 spiro atoms. The van der Waals surface area contributed by atoms with Crippen molar-refractivity contribution >= 4 is 26.3 Å². The first-order valence-corrected chi connectivity index (χ1v) is 9.41. The minimum Gasteiger partial charge on any atom is -0.217 e. The van der Waals surface area contributed by atoms with E-state index in [9.17, 15) is 8.42 Å². The van der Waals surface area contributed by atoms with Gasteiger partial charge in [-0.2, -0.15) is 0 Å². The van der Waals surface area contributed by atoms with Gasteiger partial charge in [0.1, 0.15) is 0 Å². The summed E-state index contributed by atoms with van der Waals surface area (Å²) in [5.74, 6) is 0. The van der Waals surface area contributed by atoms with E-state index in [-0.39, 0.29) is 9.75 Å². The Hall–Kier alpha value is -1.77. The maximum Gasteiger partial charge on any atom is 0.269 e. The van der Waals surface area contributed by atoms with E-state index in [1.807, 2.05) is 12.1 Å². The predicted molar refractivity (Wildman–Crippen MR) is 91.2 cm³/mol. The summed E-state index contributed by atoms with van der Waals surface area (Å²) in [6, 6.07) is 8.23. The van der Waals surface area contributed by atoms with Crippen LogP contribution >= 0.6 is 11.3 Å². The second-order valence-electron chi connectivity index (χ2n) is 6.26. The van der Waals surface area contributed by atoms with Crippen LogP contribution in [0.5, 0.6) is 0 Å². The molecule has 0 fully saturated rings. The maximum atomic E-state index is 11.8. The molecule has 0 atom stereocenters. The smallest absolute Gasteiger partial charge is 0.217 e. The Balaban J connectivity index is 1.97. The summed E-state index contributed by atoms with van der Waals surface area (Å²) in [6.07, 6.45) is 1.74. The number of fused-ring (bicyclic) bond motifs is 1. The van der Waals surface area contributed by atoms with Crippen LogP contribution in [0.4, 0.5) is 0 Å². The number of hydrogen-bond acceptors (Lipinski definition) is 5. The molecule has 0 bridgehead atoms. The molecule has 3 aromatic rings. The standard InChI is InChI=1S/C15H18N4O2S2/c1-15(2,3)11-7-5-10(6-8-11)12-9-19-13(17-12)22-14(18-19)23(20,21)16-4/h5-9,16H,1-4H3. The van der Waals surface area contributed by atoms with Crippen molar-refractivity contribution in [2.75, 3.05) is 7.05 Å². The molecular weight excluding hydrogens is 332 g/mol. The largest absolute Gasteiger partial charge is 0.269 e. The summed E-state index contributed by atoms with van der Waals surface area (Å²) in [5, 5.41) is 4.08. The van der Waals surface area contributed by atoms with Crippen molar-refractivity contribution < 1.29 is 8.42 Å². The Kier molecular flexibility index (Phi) is 3.78. The first kappa shape index (κ1) is 16.1. The molecule has 1 N–H and O–H groups in total. The zero-order valence-corrected chi connectivity index (χ0v) is 15.0. The lowest BCUT2D eigenvalue weighted by atomic mass is 9.86. The van der Waals surface area contributed by atoms with E-state index in [0.717, 1.165) is 22.6 Å². The summed E-state index contributed by atoms with van der Waals surface area (Å²) in [4.78, 5) is 5.02. The molecule has 0 aliphatic rings. The van der Waals surface area contributed by atoms with Crippen LogP contribution in [0, 0.1) is 0 Å². The fourth-order valence-electron chi connectivity index (χ4n) is 2.16. The Labute approximate surface area is 139 Å². The summed E-state index contributed by atoms with van der Waals surface area (Å²) in [7, 11) is -2.17. The van der Waals surface area contributed by atoms with Crippen LogP contribution in [0.2, 0.25) is 0 Å². The molecule has 0 aliphatic heterocycles. The molecular formula is C15H18N4O2S2. The van der Waals surface area contributed by atoms with Gasteiger partial charge in [-0.1, -0.05) is 56.4 Å². The van der Waals surface area contributed by atoms with Gasteiger partial charge in [-0.15, -0.1) is 5.10 Å². The molecule has 0 saturated heterocycles. The number of sulfonamides is 1. The average molecular weight is 350 g/mol. The van der Waals surface area contributed by atoms with Gasteiger partial charge in [-0.05, 0) is 18.0 Å². The lowest BCUT2D eigenvalue weighted by Crippen LogP contribution is -2.18. The van der Waals surface area contributed by atoms with Crippen molar-refractivity contribution in [1.29, 1.82) is 0 Å². The SMILES string of the molecule is CNS(=O)(=O)c1nn2cc(-c3ccc(C(C)(C)C)cc3)nc2s1. The molecule has 0 amide bonds. The van der Waals surface area contributed by atoms with Crippen LogP contribution in [0.3, 0.4) is 0 Å². The zero-order valence-electron chi connectivity index (χ0n) is 13.4. The lowest BCUT2D eigenvalue weighted by Gasteiger charge is -2.18. The van der Waals surface area contributed by atoms with Crippen molar-refractivity contribution in [3.63, 3.8) is 0 Å². The van der Waals surface area contributed by atoms with Crippen LogP contribution in [-0.2, 0) is 15.4 Å². The molecule has 122 valence electrons. The van der Waals surface area contributed by atoms with Crippen LogP contribution in [0.25, 0.3) is 16.2 Å². The molecule has 0 radical (unpaired) electrons. The number of nitrogens with zero attached hydrogens (tertiary/aromatic N) is 3. The molecule has 3 rings (SSSR count). The normalized spacial score (nSPS) is 12.9. The second kappa shape index (κ2) is 5.40. The highest BCUT2D eigenvalue weighted by molar-refractivity contribution is 7.91. The van der Waals surface area contributed by atoms with Gasteiger partial charge in [-0.25, -0.2) is 22.6 Å². The van der Waals surface area contributed by atoms with E-state index < -0.39 is 10.0 Å². The van der Waals surface area contributed by atoms with Crippen molar-refractivity contribution in [3.8, 4) is 11.3 Å². The van der Waals surface area contributed by atoms with E-state index in [0.29, 0.717) is 4.96 Å². The van der Waals surface area contributed by atoms with E-state index in [2.05, 4.69) is 47.7 Å². The van der Waals surface area contributed by atoms with E-state index in [4.69, 9.17) is 0 Å². The van der Waals surface area contributed by atoms with E-state index in [1.54, 1.807) is 6.20 Å². The van der Waals surface area contributed by atoms with Crippen LogP contribution in [-0.4, -0.2) is 30.1 Å². The van der Waals surface area contributed by atoms with E-state index in [1.165, 1.54) is 17.1 Å². The molecule has 23 heavy (non-hydrogen) atoms. The summed E-state index contributed by atoms with van der Waals surface area (Å²) in [5.41, 5.74) is 3.11. The minimum atomic E-state index is -3.53. The first-order valence-electron chi connectivity index (χ1n) is 7.11. The highest BCUT2D eigenvalue weighted by Crippen LogP contribution is 2.27. The molecule has 6 nitrogen and oxygen atoms in total. The predicted octanol–water partition coefficient (Wildman–Crippen LogP) is 2.66. The van der Waals surface area contributed by atoms with Crippen molar-refractivity contribution in [2.45, 2.75) is 30.5 Å². The highest BCUT2D eigenvalue weighted by Gasteiger charge is 2.20. The quantitative estimate of drug-likeness (QED) is 0.788. The average Bonchev–Trinajstić information content (AvgIpc) is 3.05. The molecule has 2 heterocycles. The van der Waals surface area contributed by atoms with Crippen LogP contribution < -0.4 is 4.72 Å². The summed E-state index contributed by atoms with van der Waals surface area (Å²) in [6.45, 7) is 6.51.